The van der Waals surface area contributed by atoms with Crippen molar-refractivity contribution in [2.45, 2.75) is 31.7 Å². The molecule has 0 aliphatic carbocycles. The normalized spacial score (nSPS) is 23.0. The van der Waals surface area contributed by atoms with Gasteiger partial charge in [-0.25, -0.2) is 8.78 Å². The van der Waals surface area contributed by atoms with E-state index in [1.165, 1.54) is 0 Å². The summed E-state index contributed by atoms with van der Waals surface area (Å²) in [5.41, 5.74) is 5.65. The largest absolute Gasteiger partial charge is 0.328 e. The second-order valence-electron chi connectivity index (χ2n) is 3.68. The highest BCUT2D eigenvalue weighted by Gasteiger charge is 2.27. The van der Waals surface area contributed by atoms with Gasteiger partial charge in [-0.3, -0.25) is 4.90 Å². The topological polar surface area (TPSA) is 29.3 Å². The van der Waals surface area contributed by atoms with Crippen LogP contribution in [0, 0.1) is 0 Å². The molecule has 72 valence electrons. The van der Waals surface area contributed by atoms with Gasteiger partial charge >= 0.3 is 0 Å². The summed E-state index contributed by atoms with van der Waals surface area (Å²) in [7, 11) is 0. The molecule has 0 aromatic carbocycles. The highest BCUT2D eigenvalue weighted by Crippen LogP contribution is 2.16. The van der Waals surface area contributed by atoms with Gasteiger partial charge in [0.05, 0.1) is 6.54 Å². The lowest BCUT2D eigenvalue weighted by atomic mass is 10.1. The highest BCUT2D eigenvalue weighted by molar-refractivity contribution is 4.76. The zero-order chi connectivity index (χ0) is 9.19. The van der Waals surface area contributed by atoms with Crippen molar-refractivity contribution in [2.24, 2.45) is 5.73 Å². The molecule has 0 spiro atoms. The van der Waals surface area contributed by atoms with Crippen LogP contribution < -0.4 is 5.73 Å². The molecule has 1 rings (SSSR count). The number of piperidine rings is 1. The molecular weight excluding hydrogens is 162 g/mol. The van der Waals surface area contributed by atoms with Crippen LogP contribution in [0.4, 0.5) is 8.78 Å². The lowest BCUT2D eigenvalue weighted by Crippen LogP contribution is -2.44. The zero-order valence-corrected chi connectivity index (χ0v) is 7.39. The Bertz CT molecular complexity index is 136. The fourth-order valence-electron chi connectivity index (χ4n) is 1.50. The number of alkyl halides is 2. The van der Waals surface area contributed by atoms with Crippen molar-refractivity contribution >= 4 is 0 Å². The average molecular weight is 178 g/mol. The summed E-state index contributed by atoms with van der Waals surface area (Å²) in [6.07, 6.45) is 1.69. The molecule has 1 heterocycles. The second kappa shape index (κ2) is 3.66. The number of halogens is 2. The molecule has 12 heavy (non-hydrogen) atoms. The van der Waals surface area contributed by atoms with Crippen molar-refractivity contribution in [1.82, 2.24) is 4.90 Å². The van der Waals surface area contributed by atoms with Gasteiger partial charge in [0.15, 0.2) is 0 Å². The van der Waals surface area contributed by atoms with Gasteiger partial charge in [-0.2, -0.15) is 0 Å². The van der Waals surface area contributed by atoms with Crippen LogP contribution >= 0.6 is 0 Å². The van der Waals surface area contributed by atoms with Crippen LogP contribution in [0.25, 0.3) is 0 Å². The standard InChI is InChI=1S/C8H16F2N2/c1-8(9,10)6-12-4-2-7(11)3-5-12/h7H,2-6,11H2,1H3. The lowest BCUT2D eigenvalue weighted by molar-refractivity contribution is -0.0197. The third-order valence-electron chi connectivity index (χ3n) is 2.13. The van der Waals surface area contributed by atoms with E-state index in [1.54, 1.807) is 4.90 Å². The fraction of sp³-hybridized carbons (Fsp3) is 1.00. The summed E-state index contributed by atoms with van der Waals surface area (Å²) in [5.74, 6) is -2.57. The maximum Gasteiger partial charge on any atom is 0.257 e. The first kappa shape index (κ1) is 9.86. The van der Waals surface area contributed by atoms with Crippen LogP contribution in [0.5, 0.6) is 0 Å². The Balaban J connectivity index is 2.26. The fourth-order valence-corrected chi connectivity index (χ4v) is 1.50. The van der Waals surface area contributed by atoms with Gasteiger partial charge in [-0.15, -0.1) is 0 Å². The molecule has 0 atom stereocenters. The van der Waals surface area contributed by atoms with Gasteiger partial charge in [0.1, 0.15) is 0 Å². The van der Waals surface area contributed by atoms with Gasteiger partial charge in [0.25, 0.3) is 5.92 Å². The molecule has 2 nitrogen and oxygen atoms in total. The first-order valence-electron chi connectivity index (χ1n) is 4.33. The first-order chi connectivity index (χ1) is 5.47. The maximum absolute atomic E-state index is 12.5. The third kappa shape index (κ3) is 3.45. The minimum atomic E-state index is -2.57. The summed E-state index contributed by atoms with van der Waals surface area (Å²) >= 11 is 0. The summed E-state index contributed by atoms with van der Waals surface area (Å²) in [4.78, 5) is 1.78. The predicted octanol–water partition coefficient (Wildman–Crippen LogP) is 1.06. The van der Waals surface area contributed by atoms with Gasteiger partial charge < -0.3 is 5.73 Å². The number of nitrogens with two attached hydrogens (primary N) is 1. The molecular formula is C8H16F2N2. The van der Waals surface area contributed by atoms with Crippen LogP contribution in [0.2, 0.25) is 0 Å². The van der Waals surface area contributed by atoms with Crippen LogP contribution in [-0.4, -0.2) is 36.5 Å². The minimum absolute atomic E-state index is 0.125. The van der Waals surface area contributed by atoms with E-state index in [2.05, 4.69) is 0 Å². The molecule has 2 N–H and O–H groups in total. The molecule has 0 saturated carbocycles. The van der Waals surface area contributed by atoms with Crippen molar-refractivity contribution in [2.75, 3.05) is 19.6 Å². The average Bonchev–Trinajstić information content (AvgIpc) is 1.91. The third-order valence-corrected chi connectivity index (χ3v) is 2.13. The van der Waals surface area contributed by atoms with E-state index in [9.17, 15) is 8.78 Å². The molecule has 0 bridgehead atoms. The van der Waals surface area contributed by atoms with E-state index in [0.29, 0.717) is 13.1 Å². The van der Waals surface area contributed by atoms with E-state index in [0.717, 1.165) is 19.8 Å². The van der Waals surface area contributed by atoms with Crippen molar-refractivity contribution in [1.29, 1.82) is 0 Å². The van der Waals surface area contributed by atoms with Gasteiger partial charge in [-0.05, 0) is 25.9 Å². The van der Waals surface area contributed by atoms with Gasteiger partial charge in [-0.1, -0.05) is 0 Å². The van der Waals surface area contributed by atoms with E-state index >= 15 is 0 Å². The van der Waals surface area contributed by atoms with Crippen LogP contribution in [0.1, 0.15) is 19.8 Å². The maximum atomic E-state index is 12.5. The Morgan fingerprint density at radius 1 is 1.42 bits per heavy atom. The van der Waals surface area contributed by atoms with E-state index < -0.39 is 5.92 Å². The van der Waals surface area contributed by atoms with Gasteiger partial charge in [0, 0.05) is 13.0 Å². The highest BCUT2D eigenvalue weighted by atomic mass is 19.3. The molecule has 0 aromatic rings. The first-order valence-corrected chi connectivity index (χ1v) is 4.33. The molecule has 1 saturated heterocycles. The lowest BCUT2D eigenvalue weighted by Gasteiger charge is -2.31. The number of likely N-dealkylation sites (tertiary alicyclic amines) is 1. The van der Waals surface area contributed by atoms with E-state index in [4.69, 9.17) is 5.73 Å². The van der Waals surface area contributed by atoms with Gasteiger partial charge in [0.2, 0.25) is 0 Å². The monoisotopic (exact) mass is 178 g/mol. The molecule has 0 unspecified atom stereocenters. The van der Waals surface area contributed by atoms with E-state index in [-0.39, 0.29) is 12.6 Å². The Morgan fingerprint density at radius 2 is 1.92 bits per heavy atom. The predicted molar refractivity (Wildman–Crippen MR) is 44.3 cm³/mol. The number of nitrogens with zero attached hydrogens (tertiary/aromatic N) is 1. The number of rotatable bonds is 2. The smallest absolute Gasteiger partial charge is 0.257 e. The van der Waals surface area contributed by atoms with Crippen molar-refractivity contribution in [3.8, 4) is 0 Å². The Kier molecular flexibility index (Phi) is 3.01. The Hall–Kier alpha value is -0.220. The SMILES string of the molecule is CC(F)(F)CN1CCC(N)CC1. The molecule has 0 radical (unpaired) electrons. The van der Waals surface area contributed by atoms with Crippen LogP contribution in [-0.2, 0) is 0 Å². The number of hydrogen-bond donors (Lipinski definition) is 1. The summed E-state index contributed by atoms with van der Waals surface area (Å²) in [6.45, 7) is 2.26. The molecule has 1 fully saturated rings. The Morgan fingerprint density at radius 3 is 2.33 bits per heavy atom. The summed E-state index contributed by atoms with van der Waals surface area (Å²) in [5, 5.41) is 0. The van der Waals surface area contributed by atoms with Crippen molar-refractivity contribution in [3.05, 3.63) is 0 Å². The summed E-state index contributed by atoms with van der Waals surface area (Å²) < 4.78 is 25.1. The number of hydrogen-bond acceptors (Lipinski definition) is 2. The molecule has 0 amide bonds. The van der Waals surface area contributed by atoms with Crippen LogP contribution in [0.15, 0.2) is 0 Å². The molecule has 1 aliphatic heterocycles. The second-order valence-corrected chi connectivity index (χ2v) is 3.68. The molecule has 0 aromatic heterocycles. The zero-order valence-electron chi connectivity index (χ0n) is 7.39. The molecule has 4 heteroatoms. The molecule has 1 aliphatic rings. The summed E-state index contributed by atoms with van der Waals surface area (Å²) in [6, 6.07) is 0.215. The van der Waals surface area contributed by atoms with Crippen molar-refractivity contribution < 1.29 is 8.78 Å². The quantitative estimate of drug-likeness (QED) is 0.685. The Labute approximate surface area is 71.7 Å². The van der Waals surface area contributed by atoms with E-state index in [1.807, 2.05) is 0 Å². The van der Waals surface area contributed by atoms with Crippen molar-refractivity contribution in [3.63, 3.8) is 0 Å². The minimum Gasteiger partial charge on any atom is -0.328 e. The van der Waals surface area contributed by atoms with Crippen LogP contribution in [0.3, 0.4) is 0 Å².